The molecule has 0 aliphatic rings. The zero-order valence-corrected chi connectivity index (χ0v) is 13.1. The first-order valence-corrected chi connectivity index (χ1v) is 7.04. The summed E-state index contributed by atoms with van der Waals surface area (Å²) in [5.74, 6) is -0.768. The molecular weight excluding hydrogens is 292 g/mol. The number of ether oxygens (including phenoxy) is 2. The first kappa shape index (κ1) is 15.4. The van der Waals surface area contributed by atoms with Gasteiger partial charge in [0.15, 0.2) is 5.65 Å². The lowest BCUT2D eigenvalue weighted by molar-refractivity contribution is -0.142. The first-order chi connectivity index (χ1) is 9.90. The van der Waals surface area contributed by atoms with Gasteiger partial charge in [0, 0.05) is 12.4 Å². The lowest BCUT2D eigenvalue weighted by Gasteiger charge is -2.21. The molecule has 0 radical (unpaired) electrons. The van der Waals surface area contributed by atoms with E-state index in [1.165, 1.54) is 26.0 Å². The van der Waals surface area contributed by atoms with E-state index in [0.717, 1.165) is 4.90 Å². The Morgan fingerprint density at radius 3 is 2.57 bits per heavy atom. The highest BCUT2D eigenvalue weighted by Gasteiger charge is 2.31. The predicted molar refractivity (Wildman–Crippen MR) is 78.5 cm³/mol. The number of rotatable bonds is 4. The summed E-state index contributed by atoms with van der Waals surface area (Å²) in [4.78, 5) is 28.5. The number of hydrogen-bond donors (Lipinski definition) is 0. The standard InChI is InChI=1S/C14H16N2O4S/c1-14(2,13(18)20-4)21-10-6-5-9(12(17)19-3)16-8-7-15-11(10)16/h5-8H,1-4H3. The van der Waals surface area contributed by atoms with Gasteiger partial charge in [-0.05, 0) is 26.0 Å². The summed E-state index contributed by atoms with van der Waals surface area (Å²) in [5, 5.41) is 0. The van der Waals surface area contributed by atoms with E-state index in [4.69, 9.17) is 9.47 Å². The molecule has 2 aromatic heterocycles. The lowest BCUT2D eigenvalue weighted by Crippen LogP contribution is -2.29. The number of thioether (sulfide) groups is 1. The third-order valence-electron chi connectivity index (χ3n) is 2.95. The van der Waals surface area contributed by atoms with E-state index in [1.807, 2.05) is 0 Å². The van der Waals surface area contributed by atoms with Crippen LogP contribution < -0.4 is 0 Å². The van der Waals surface area contributed by atoms with Crippen molar-refractivity contribution in [3.8, 4) is 0 Å². The Morgan fingerprint density at radius 1 is 1.24 bits per heavy atom. The van der Waals surface area contributed by atoms with E-state index >= 15 is 0 Å². The van der Waals surface area contributed by atoms with E-state index in [0.29, 0.717) is 11.3 Å². The van der Waals surface area contributed by atoms with Crippen LogP contribution in [0.4, 0.5) is 0 Å². The normalized spacial score (nSPS) is 11.4. The fourth-order valence-electron chi connectivity index (χ4n) is 1.90. The molecular formula is C14H16N2O4S. The molecule has 7 heteroatoms. The molecule has 0 unspecified atom stereocenters. The average Bonchev–Trinajstić information content (AvgIpc) is 2.95. The topological polar surface area (TPSA) is 69.9 Å². The third-order valence-corrected chi connectivity index (χ3v) is 4.17. The summed E-state index contributed by atoms with van der Waals surface area (Å²) in [6.07, 6.45) is 3.27. The van der Waals surface area contributed by atoms with Crippen LogP contribution in [-0.4, -0.2) is 40.3 Å². The molecule has 2 rings (SSSR count). The second-order valence-corrected chi connectivity index (χ2v) is 6.46. The number of carbonyl (C=O) groups excluding carboxylic acids is 2. The molecule has 0 spiro atoms. The quantitative estimate of drug-likeness (QED) is 0.637. The molecule has 0 aliphatic heterocycles. The largest absolute Gasteiger partial charge is 0.468 e. The van der Waals surface area contributed by atoms with E-state index in [2.05, 4.69) is 4.98 Å². The summed E-state index contributed by atoms with van der Waals surface area (Å²) in [6.45, 7) is 3.55. The maximum Gasteiger partial charge on any atom is 0.355 e. The van der Waals surface area contributed by atoms with Crippen LogP contribution in [0.1, 0.15) is 24.3 Å². The number of methoxy groups -OCH3 is 2. The second kappa shape index (κ2) is 5.77. The Morgan fingerprint density at radius 2 is 1.95 bits per heavy atom. The van der Waals surface area contributed by atoms with Crippen LogP contribution in [0.5, 0.6) is 0 Å². The van der Waals surface area contributed by atoms with Crippen LogP contribution >= 0.6 is 11.8 Å². The van der Waals surface area contributed by atoms with Crippen molar-refractivity contribution in [3.05, 3.63) is 30.2 Å². The molecule has 0 atom stereocenters. The molecule has 0 aliphatic carbocycles. The molecule has 2 heterocycles. The van der Waals surface area contributed by atoms with Gasteiger partial charge in [-0.3, -0.25) is 9.20 Å². The smallest absolute Gasteiger partial charge is 0.355 e. The fraction of sp³-hybridized carbons (Fsp3) is 0.357. The molecule has 2 aromatic rings. The molecule has 0 saturated heterocycles. The number of fused-ring (bicyclic) bond motifs is 1. The molecule has 6 nitrogen and oxygen atoms in total. The van der Waals surface area contributed by atoms with Crippen molar-refractivity contribution in [1.29, 1.82) is 0 Å². The third kappa shape index (κ3) is 2.87. The Hall–Kier alpha value is -2.02. The van der Waals surface area contributed by atoms with Crippen LogP contribution in [0.2, 0.25) is 0 Å². The number of nitrogens with zero attached hydrogens (tertiary/aromatic N) is 2. The minimum Gasteiger partial charge on any atom is -0.468 e. The minimum atomic E-state index is -0.756. The van der Waals surface area contributed by atoms with Crippen molar-refractivity contribution in [2.75, 3.05) is 14.2 Å². The Kier molecular flexibility index (Phi) is 4.22. The number of carbonyl (C=O) groups is 2. The maximum atomic E-state index is 11.8. The molecule has 0 fully saturated rings. The summed E-state index contributed by atoms with van der Waals surface area (Å²) in [7, 11) is 2.68. The van der Waals surface area contributed by atoms with Gasteiger partial charge in [0.2, 0.25) is 0 Å². The monoisotopic (exact) mass is 308 g/mol. The molecule has 112 valence electrons. The highest BCUT2D eigenvalue weighted by atomic mass is 32.2. The molecule has 0 bridgehead atoms. The van der Waals surface area contributed by atoms with Crippen LogP contribution in [0.3, 0.4) is 0 Å². The van der Waals surface area contributed by atoms with E-state index in [9.17, 15) is 9.59 Å². The molecule has 0 N–H and O–H groups in total. The molecule has 0 saturated carbocycles. The van der Waals surface area contributed by atoms with Crippen LogP contribution in [0, 0.1) is 0 Å². The number of pyridine rings is 1. The SMILES string of the molecule is COC(=O)c1ccc(SC(C)(C)C(=O)OC)c2nccn12. The van der Waals surface area contributed by atoms with E-state index in [-0.39, 0.29) is 5.97 Å². The van der Waals surface area contributed by atoms with Gasteiger partial charge < -0.3 is 9.47 Å². The first-order valence-electron chi connectivity index (χ1n) is 6.22. The van der Waals surface area contributed by atoms with Gasteiger partial charge in [0.05, 0.1) is 19.1 Å². The zero-order valence-electron chi connectivity index (χ0n) is 12.2. The predicted octanol–water partition coefficient (Wildman–Crippen LogP) is 2.16. The van der Waals surface area contributed by atoms with Crippen LogP contribution in [0.25, 0.3) is 5.65 Å². The van der Waals surface area contributed by atoms with E-state index < -0.39 is 10.7 Å². The van der Waals surface area contributed by atoms with Crippen molar-refractivity contribution in [2.24, 2.45) is 0 Å². The van der Waals surface area contributed by atoms with Crippen molar-refractivity contribution < 1.29 is 19.1 Å². The number of imidazole rings is 1. The van der Waals surface area contributed by atoms with E-state index in [1.54, 1.807) is 42.8 Å². The van der Waals surface area contributed by atoms with Gasteiger partial charge in [0.25, 0.3) is 0 Å². The Balaban J connectivity index is 2.46. The van der Waals surface area contributed by atoms with Crippen molar-refractivity contribution in [1.82, 2.24) is 9.38 Å². The van der Waals surface area contributed by atoms with Gasteiger partial charge in [-0.15, -0.1) is 11.8 Å². The highest BCUT2D eigenvalue weighted by Crippen LogP contribution is 2.35. The maximum absolute atomic E-state index is 11.8. The van der Waals surface area contributed by atoms with Crippen molar-refractivity contribution >= 4 is 29.3 Å². The number of hydrogen-bond acceptors (Lipinski definition) is 6. The molecule has 21 heavy (non-hydrogen) atoms. The zero-order chi connectivity index (χ0) is 15.6. The van der Waals surface area contributed by atoms with Crippen molar-refractivity contribution in [3.63, 3.8) is 0 Å². The number of esters is 2. The van der Waals surface area contributed by atoms with Gasteiger partial charge in [-0.2, -0.15) is 0 Å². The lowest BCUT2D eigenvalue weighted by atomic mass is 10.2. The van der Waals surface area contributed by atoms with Gasteiger partial charge >= 0.3 is 11.9 Å². The minimum absolute atomic E-state index is 0.325. The highest BCUT2D eigenvalue weighted by molar-refractivity contribution is 8.01. The fourth-order valence-corrected chi connectivity index (χ4v) is 3.00. The summed E-state index contributed by atoms with van der Waals surface area (Å²) < 4.78 is 10.4. The van der Waals surface area contributed by atoms with Crippen molar-refractivity contribution in [2.45, 2.75) is 23.5 Å². The van der Waals surface area contributed by atoms with Gasteiger partial charge in [-0.1, -0.05) is 0 Å². The average molecular weight is 308 g/mol. The number of aromatic nitrogens is 2. The Bertz CT molecular complexity index is 693. The van der Waals surface area contributed by atoms with Gasteiger partial charge in [0.1, 0.15) is 10.4 Å². The van der Waals surface area contributed by atoms with Gasteiger partial charge in [-0.25, -0.2) is 9.78 Å². The Labute approximate surface area is 126 Å². The summed E-state index contributed by atoms with van der Waals surface area (Å²) in [5.41, 5.74) is 0.977. The van der Waals surface area contributed by atoms with Crippen LogP contribution in [-0.2, 0) is 14.3 Å². The molecule has 0 aromatic carbocycles. The summed E-state index contributed by atoms with van der Waals surface area (Å²) in [6, 6.07) is 3.40. The molecule has 0 amide bonds. The summed E-state index contributed by atoms with van der Waals surface area (Å²) >= 11 is 1.33. The van der Waals surface area contributed by atoms with Crippen LogP contribution in [0.15, 0.2) is 29.4 Å². The second-order valence-electron chi connectivity index (χ2n) is 4.80.